The van der Waals surface area contributed by atoms with E-state index in [2.05, 4.69) is 0 Å². The third kappa shape index (κ3) is 5.76. The summed E-state index contributed by atoms with van der Waals surface area (Å²) in [4.78, 5) is 26.6. The summed E-state index contributed by atoms with van der Waals surface area (Å²) in [5, 5.41) is 8.98. The van der Waals surface area contributed by atoms with Crippen LogP contribution in [0.15, 0.2) is 0 Å². The molecule has 1 unspecified atom stereocenters. The van der Waals surface area contributed by atoms with E-state index in [1.165, 1.54) is 4.90 Å². The number of hydrogen-bond acceptors (Lipinski definition) is 4. The summed E-state index contributed by atoms with van der Waals surface area (Å²) in [6, 6.07) is 0.268. The Morgan fingerprint density at radius 2 is 1.79 bits per heavy atom. The molecule has 0 spiro atoms. The van der Waals surface area contributed by atoms with Crippen LogP contribution in [0, 0.1) is 5.92 Å². The van der Waals surface area contributed by atoms with E-state index in [0.717, 1.165) is 43.7 Å². The van der Waals surface area contributed by atoms with Crippen molar-refractivity contribution >= 4 is 23.9 Å². The molecule has 1 atom stereocenters. The average Bonchev–Trinajstić information content (AvgIpc) is 2.94. The fourth-order valence-corrected chi connectivity index (χ4v) is 4.65. The maximum atomic E-state index is 12.3. The average molecular weight is 359 g/mol. The lowest BCUT2D eigenvalue weighted by atomic mass is 9.99. The van der Waals surface area contributed by atoms with Crippen molar-refractivity contribution < 1.29 is 19.4 Å². The maximum Gasteiger partial charge on any atom is 0.410 e. The first-order chi connectivity index (χ1) is 11.3. The van der Waals surface area contributed by atoms with Crippen molar-refractivity contribution in [2.75, 3.05) is 31.1 Å². The zero-order valence-corrected chi connectivity index (χ0v) is 15.8. The third-order valence-electron chi connectivity index (χ3n) is 4.55. The van der Waals surface area contributed by atoms with Gasteiger partial charge in [0, 0.05) is 31.4 Å². The standard InChI is InChI=1S/C17H30N2O4S/c1-17(2,3)23-16(22)19-8-4-5-14(19)12-24-11-13-6-9-18(10-7-13)15(20)21/h13-14H,4-12H2,1-3H3,(H,20,21). The molecule has 2 heterocycles. The summed E-state index contributed by atoms with van der Waals surface area (Å²) in [5.41, 5.74) is -0.449. The molecule has 2 saturated heterocycles. The topological polar surface area (TPSA) is 70.1 Å². The van der Waals surface area contributed by atoms with Gasteiger partial charge in [0.05, 0.1) is 0 Å². The van der Waals surface area contributed by atoms with Gasteiger partial charge in [0.25, 0.3) is 0 Å². The Kier molecular flexibility index (Phi) is 6.66. The van der Waals surface area contributed by atoms with Crippen LogP contribution < -0.4 is 0 Å². The molecule has 2 amide bonds. The van der Waals surface area contributed by atoms with Gasteiger partial charge in [-0.15, -0.1) is 0 Å². The van der Waals surface area contributed by atoms with Crippen LogP contribution in [0.5, 0.6) is 0 Å². The van der Waals surface area contributed by atoms with E-state index in [-0.39, 0.29) is 12.1 Å². The van der Waals surface area contributed by atoms with Gasteiger partial charge >= 0.3 is 12.2 Å². The molecular weight excluding hydrogens is 328 g/mol. The maximum absolute atomic E-state index is 12.3. The second-order valence-corrected chi connectivity index (χ2v) is 8.80. The smallest absolute Gasteiger partial charge is 0.410 e. The number of likely N-dealkylation sites (tertiary alicyclic amines) is 2. The highest BCUT2D eigenvalue weighted by Gasteiger charge is 2.32. The minimum Gasteiger partial charge on any atom is -0.465 e. The van der Waals surface area contributed by atoms with Crippen LogP contribution in [0.4, 0.5) is 9.59 Å². The fraction of sp³-hybridized carbons (Fsp3) is 0.882. The zero-order valence-electron chi connectivity index (χ0n) is 15.0. The molecule has 24 heavy (non-hydrogen) atoms. The van der Waals surface area contributed by atoms with Crippen LogP contribution in [0.2, 0.25) is 0 Å². The molecule has 2 rings (SSSR count). The molecule has 138 valence electrons. The monoisotopic (exact) mass is 358 g/mol. The molecule has 0 aromatic heterocycles. The Morgan fingerprint density at radius 3 is 2.38 bits per heavy atom. The molecular formula is C17H30N2O4S. The molecule has 2 aliphatic rings. The van der Waals surface area contributed by atoms with E-state index in [0.29, 0.717) is 19.0 Å². The molecule has 2 aliphatic heterocycles. The molecule has 0 bridgehead atoms. The highest BCUT2D eigenvalue weighted by Crippen LogP contribution is 2.27. The molecule has 2 fully saturated rings. The van der Waals surface area contributed by atoms with Crippen molar-refractivity contribution in [1.29, 1.82) is 0 Å². The number of amides is 2. The van der Waals surface area contributed by atoms with Gasteiger partial charge in [0.15, 0.2) is 0 Å². The van der Waals surface area contributed by atoms with Crippen LogP contribution in [0.3, 0.4) is 0 Å². The second kappa shape index (κ2) is 8.32. The number of carboxylic acid groups (broad SMARTS) is 1. The SMILES string of the molecule is CC(C)(C)OC(=O)N1CCCC1CSCC1CCN(C(=O)O)CC1. The van der Waals surface area contributed by atoms with Crippen molar-refractivity contribution in [3.8, 4) is 0 Å². The summed E-state index contributed by atoms with van der Waals surface area (Å²) < 4.78 is 5.50. The molecule has 0 aliphatic carbocycles. The van der Waals surface area contributed by atoms with Crippen molar-refractivity contribution in [3.63, 3.8) is 0 Å². The molecule has 7 heteroatoms. The first kappa shape index (κ1) is 19.2. The van der Waals surface area contributed by atoms with E-state index in [9.17, 15) is 9.59 Å². The van der Waals surface area contributed by atoms with Gasteiger partial charge in [-0.3, -0.25) is 0 Å². The summed E-state index contributed by atoms with van der Waals surface area (Å²) in [6.45, 7) is 7.77. The number of hydrogen-bond donors (Lipinski definition) is 1. The fourth-order valence-electron chi connectivity index (χ4n) is 3.23. The lowest BCUT2D eigenvalue weighted by molar-refractivity contribution is 0.0242. The number of thioether (sulfide) groups is 1. The van der Waals surface area contributed by atoms with Crippen molar-refractivity contribution in [2.45, 2.75) is 58.1 Å². The minimum atomic E-state index is -0.805. The van der Waals surface area contributed by atoms with Crippen molar-refractivity contribution in [3.05, 3.63) is 0 Å². The van der Waals surface area contributed by atoms with E-state index in [1.54, 1.807) is 0 Å². The molecule has 1 N–H and O–H groups in total. The highest BCUT2D eigenvalue weighted by atomic mass is 32.2. The predicted molar refractivity (Wildman–Crippen MR) is 95.6 cm³/mol. The summed E-state index contributed by atoms with van der Waals surface area (Å²) in [6.07, 6.45) is 2.98. The third-order valence-corrected chi connectivity index (χ3v) is 5.88. The number of carbonyl (C=O) groups excluding carboxylic acids is 1. The lowest BCUT2D eigenvalue weighted by Gasteiger charge is -2.31. The number of piperidine rings is 1. The predicted octanol–water partition coefficient (Wildman–Crippen LogP) is 3.51. The first-order valence-electron chi connectivity index (χ1n) is 8.81. The number of nitrogens with zero attached hydrogens (tertiary/aromatic N) is 2. The Morgan fingerprint density at radius 1 is 1.12 bits per heavy atom. The lowest BCUT2D eigenvalue weighted by Crippen LogP contribution is -2.41. The van der Waals surface area contributed by atoms with E-state index in [1.807, 2.05) is 37.4 Å². The summed E-state index contributed by atoms with van der Waals surface area (Å²) >= 11 is 1.89. The van der Waals surface area contributed by atoms with Crippen LogP contribution in [-0.4, -0.2) is 69.9 Å². The Balaban J connectivity index is 1.70. The Hall–Kier alpha value is -1.11. The molecule has 6 nitrogen and oxygen atoms in total. The van der Waals surface area contributed by atoms with E-state index >= 15 is 0 Å². The van der Waals surface area contributed by atoms with E-state index in [4.69, 9.17) is 9.84 Å². The Bertz CT molecular complexity index is 444. The van der Waals surface area contributed by atoms with Gasteiger partial charge in [-0.2, -0.15) is 11.8 Å². The van der Waals surface area contributed by atoms with Crippen molar-refractivity contribution in [2.24, 2.45) is 5.92 Å². The van der Waals surface area contributed by atoms with Gasteiger partial charge in [0.1, 0.15) is 5.60 Å². The van der Waals surface area contributed by atoms with Gasteiger partial charge in [-0.05, 0) is 58.1 Å². The van der Waals surface area contributed by atoms with Crippen LogP contribution in [0.1, 0.15) is 46.5 Å². The minimum absolute atomic E-state index is 0.194. The molecule has 0 radical (unpaired) electrons. The highest BCUT2D eigenvalue weighted by molar-refractivity contribution is 7.99. The number of rotatable bonds is 4. The van der Waals surface area contributed by atoms with Gasteiger partial charge in [-0.1, -0.05) is 0 Å². The quantitative estimate of drug-likeness (QED) is 0.833. The molecule has 0 saturated carbocycles. The van der Waals surface area contributed by atoms with Crippen molar-refractivity contribution in [1.82, 2.24) is 9.80 Å². The second-order valence-electron chi connectivity index (χ2n) is 7.72. The van der Waals surface area contributed by atoms with Gasteiger partial charge < -0.3 is 19.6 Å². The van der Waals surface area contributed by atoms with Crippen LogP contribution in [0.25, 0.3) is 0 Å². The van der Waals surface area contributed by atoms with Crippen LogP contribution >= 0.6 is 11.8 Å². The summed E-state index contributed by atoms with van der Waals surface area (Å²) in [5.74, 6) is 2.58. The summed E-state index contributed by atoms with van der Waals surface area (Å²) in [7, 11) is 0. The Labute approximate surface area is 148 Å². The van der Waals surface area contributed by atoms with Gasteiger partial charge in [0.2, 0.25) is 0 Å². The first-order valence-corrected chi connectivity index (χ1v) is 9.97. The van der Waals surface area contributed by atoms with E-state index < -0.39 is 11.7 Å². The zero-order chi connectivity index (χ0) is 17.7. The molecule has 0 aromatic carbocycles. The molecule has 0 aromatic rings. The largest absolute Gasteiger partial charge is 0.465 e. The van der Waals surface area contributed by atoms with Gasteiger partial charge in [-0.25, -0.2) is 9.59 Å². The number of carbonyl (C=O) groups is 2. The number of ether oxygens (including phenoxy) is 1. The van der Waals surface area contributed by atoms with Crippen LogP contribution in [-0.2, 0) is 4.74 Å². The normalized spacial score (nSPS) is 22.7.